The number of nitrogens with one attached hydrogen (secondary N) is 1. The second-order valence-electron chi connectivity index (χ2n) is 4.91. The van der Waals surface area contributed by atoms with Crippen LogP contribution in [0.5, 0.6) is 0 Å². The summed E-state index contributed by atoms with van der Waals surface area (Å²) in [6.07, 6.45) is 0.727. The highest BCUT2D eigenvalue weighted by molar-refractivity contribution is 7.14. The molecule has 3 rings (SSSR count). The lowest BCUT2D eigenvalue weighted by Crippen LogP contribution is -2.40. The molecule has 102 valence electrons. The molecule has 1 unspecified atom stereocenters. The fraction of sp³-hybridized carbons (Fsp3) is 0.429. The van der Waals surface area contributed by atoms with Crippen LogP contribution in [0.3, 0.4) is 0 Å². The summed E-state index contributed by atoms with van der Waals surface area (Å²) in [5.41, 5.74) is 0.619. The van der Waals surface area contributed by atoms with E-state index in [9.17, 15) is 5.11 Å². The van der Waals surface area contributed by atoms with Crippen LogP contribution in [-0.2, 0) is 11.3 Å². The summed E-state index contributed by atoms with van der Waals surface area (Å²) in [5.74, 6) is 0. The lowest BCUT2D eigenvalue weighted by Gasteiger charge is -2.20. The van der Waals surface area contributed by atoms with Crippen LogP contribution in [0.2, 0.25) is 0 Å². The summed E-state index contributed by atoms with van der Waals surface area (Å²) in [6, 6.07) is 6.44. The van der Waals surface area contributed by atoms with Crippen molar-refractivity contribution in [3.05, 3.63) is 33.8 Å². The predicted molar refractivity (Wildman–Crippen MR) is 79.7 cm³/mol. The minimum absolute atomic E-state index is 0.449. The van der Waals surface area contributed by atoms with Crippen LogP contribution in [0.25, 0.3) is 10.4 Å². The van der Waals surface area contributed by atoms with E-state index < -0.39 is 5.60 Å². The van der Waals surface area contributed by atoms with Crippen LogP contribution in [-0.4, -0.2) is 30.5 Å². The molecular formula is C14H17NO2S2. The monoisotopic (exact) mass is 295 g/mol. The minimum Gasteiger partial charge on any atom is -0.386 e. The van der Waals surface area contributed by atoms with Gasteiger partial charge in [-0.25, -0.2) is 0 Å². The number of hydrogen-bond acceptors (Lipinski definition) is 5. The molecule has 5 heteroatoms. The van der Waals surface area contributed by atoms with Crippen molar-refractivity contribution in [2.75, 3.05) is 19.8 Å². The van der Waals surface area contributed by atoms with E-state index in [1.54, 1.807) is 22.7 Å². The van der Waals surface area contributed by atoms with Crippen LogP contribution in [0, 0.1) is 0 Å². The van der Waals surface area contributed by atoms with Crippen molar-refractivity contribution in [3.63, 3.8) is 0 Å². The zero-order valence-electron chi connectivity index (χ0n) is 10.6. The molecule has 2 N–H and O–H groups in total. The van der Waals surface area contributed by atoms with E-state index >= 15 is 0 Å². The molecule has 19 heavy (non-hydrogen) atoms. The molecule has 0 aliphatic carbocycles. The molecular weight excluding hydrogens is 278 g/mol. The van der Waals surface area contributed by atoms with E-state index in [2.05, 4.69) is 34.3 Å². The Kier molecular flexibility index (Phi) is 4.00. The van der Waals surface area contributed by atoms with Crippen molar-refractivity contribution in [2.24, 2.45) is 0 Å². The Morgan fingerprint density at radius 3 is 3.11 bits per heavy atom. The van der Waals surface area contributed by atoms with Gasteiger partial charge in [-0.05, 0) is 22.9 Å². The third kappa shape index (κ3) is 3.24. The zero-order chi connectivity index (χ0) is 13.1. The maximum atomic E-state index is 10.1. The first-order valence-corrected chi connectivity index (χ1v) is 8.13. The Morgan fingerprint density at radius 1 is 1.42 bits per heavy atom. The summed E-state index contributed by atoms with van der Waals surface area (Å²) >= 11 is 3.52. The summed E-state index contributed by atoms with van der Waals surface area (Å²) < 4.78 is 5.23. The van der Waals surface area contributed by atoms with Crippen molar-refractivity contribution in [2.45, 2.75) is 18.6 Å². The summed E-state index contributed by atoms with van der Waals surface area (Å²) in [6.45, 7) is 2.52. The van der Waals surface area contributed by atoms with E-state index in [1.165, 1.54) is 15.3 Å². The average Bonchev–Trinajstić information content (AvgIpc) is 3.08. The van der Waals surface area contributed by atoms with Crippen molar-refractivity contribution < 1.29 is 9.84 Å². The Morgan fingerprint density at radius 2 is 2.37 bits per heavy atom. The fourth-order valence-corrected chi connectivity index (χ4v) is 3.84. The quantitative estimate of drug-likeness (QED) is 0.891. The van der Waals surface area contributed by atoms with E-state index in [-0.39, 0.29) is 0 Å². The van der Waals surface area contributed by atoms with E-state index in [1.807, 2.05) is 0 Å². The van der Waals surface area contributed by atoms with Crippen molar-refractivity contribution in [3.8, 4) is 10.4 Å². The van der Waals surface area contributed by atoms with Gasteiger partial charge in [-0.3, -0.25) is 0 Å². The highest BCUT2D eigenvalue weighted by atomic mass is 32.1. The largest absolute Gasteiger partial charge is 0.386 e. The lowest BCUT2D eigenvalue weighted by atomic mass is 10.0. The summed E-state index contributed by atoms with van der Waals surface area (Å²) in [4.78, 5) is 2.61. The predicted octanol–water partition coefficient (Wildman–Crippen LogP) is 2.72. The van der Waals surface area contributed by atoms with Gasteiger partial charge in [0.1, 0.15) is 5.60 Å². The van der Waals surface area contributed by atoms with Crippen molar-refractivity contribution >= 4 is 22.7 Å². The van der Waals surface area contributed by atoms with E-state index in [0.717, 1.165) is 13.0 Å². The SMILES string of the molecule is OC1(CNCc2cc(-c3cccs3)cs2)CCOC1. The normalized spacial score (nSPS) is 23.0. The van der Waals surface area contributed by atoms with Crippen LogP contribution < -0.4 is 5.32 Å². The number of aliphatic hydroxyl groups is 1. The van der Waals surface area contributed by atoms with Crippen molar-refractivity contribution in [1.29, 1.82) is 0 Å². The lowest BCUT2D eigenvalue weighted by molar-refractivity contribution is 0.0269. The average molecular weight is 295 g/mol. The Labute approximate surface area is 120 Å². The molecule has 0 amide bonds. The molecule has 3 heterocycles. The molecule has 2 aromatic rings. The number of ether oxygens (including phenoxy) is 1. The molecule has 0 bridgehead atoms. The second-order valence-corrected chi connectivity index (χ2v) is 6.85. The first-order chi connectivity index (χ1) is 9.25. The number of thiophene rings is 2. The second kappa shape index (κ2) is 5.73. The van der Waals surface area contributed by atoms with Crippen LogP contribution in [0.4, 0.5) is 0 Å². The van der Waals surface area contributed by atoms with Gasteiger partial charge in [-0.15, -0.1) is 22.7 Å². The molecule has 1 fully saturated rings. The van der Waals surface area contributed by atoms with Crippen LogP contribution >= 0.6 is 22.7 Å². The maximum Gasteiger partial charge on any atom is 0.103 e. The Bertz CT molecular complexity index is 515. The molecule has 1 saturated heterocycles. The Balaban J connectivity index is 1.53. The Hall–Kier alpha value is -0.720. The fourth-order valence-electron chi connectivity index (χ4n) is 2.20. The van der Waals surface area contributed by atoms with Gasteiger partial charge in [0, 0.05) is 41.4 Å². The molecule has 3 nitrogen and oxygen atoms in total. The molecule has 0 spiro atoms. The van der Waals surface area contributed by atoms with Gasteiger partial charge in [-0.2, -0.15) is 0 Å². The highest BCUT2D eigenvalue weighted by Crippen LogP contribution is 2.29. The van der Waals surface area contributed by atoms with Gasteiger partial charge in [-0.1, -0.05) is 6.07 Å². The number of hydrogen-bond donors (Lipinski definition) is 2. The molecule has 0 aromatic carbocycles. The molecule has 0 saturated carbocycles. The minimum atomic E-state index is -0.673. The smallest absolute Gasteiger partial charge is 0.103 e. The third-order valence-corrected chi connectivity index (χ3v) is 5.15. The zero-order valence-corrected chi connectivity index (χ0v) is 12.2. The van der Waals surface area contributed by atoms with E-state index in [0.29, 0.717) is 19.8 Å². The van der Waals surface area contributed by atoms with Gasteiger partial charge in [0.25, 0.3) is 0 Å². The van der Waals surface area contributed by atoms with E-state index in [4.69, 9.17) is 4.74 Å². The maximum absolute atomic E-state index is 10.1. The summed E-state index contributed by atoms with van der Waals surface area (Å²) in [7, 11) is 0. The first-order valence-electron chi connectivity index (χ1n) is 6.37. The first kappa shape index (κ1) is 13.3. The third-order valence-electron chi connectivity index (χ3n) is 3.30. The van der Waals surface area contributed by atoms with Crippen LogP contribution in [0.15, 0.2) is 29.0 Å². The van der Waals surface area contributed by atoms with Crippen molar-refractivity contribution in [1.82, 2.24) is 5.32 Å². The van der Waals surface area contributed by atoms with Gasteiger partial charge >= 0.3 is 0 Å². The molecule has 0 radical (unpaired) electrons. The number of rotatable bonds is 5. The molecule has 2 aromatic heterocycles. The van der Waals surface area contributed by atoms with Gasteiger partial charge in [0.2, 0.25) is 0 Å². The van der Waals surface area contributed by atoms with Crippen LogP contribution in [0.1, 0.15) is 11.3 Å². The topological polar surface area (TPSA) is 41.5 Å². The molecule has 1 aliphatic heterocycles. The molecule has 1 aliphatic rings. The molecule has 1 atom stereocenters. The highest BCUT2D eigenvalue weighted by Gasteiger charge is 2.31. The standard InChI is InChI=1S/C14H17NO2S2/c16-14(3-4-17-10-14)9-15-7-12-6-11(8-19-12)13-2-1-5-18-13/h1-2,5-6,8,15-16H,3-4,7,9-10H2. The van der Waals surface area contributed by atoms with Gasteiger partial charge in [0.05, 0.1) is 6.61 Å². The van der Waals surface area contributed by atoms with Gasteiger partial charge < -0.3 is 15.2 Å². The van der Waals surface area contributed by atoms with Gasteiger partial charge in [0.15, 0.2) is 0 Å². The summed E-state index contributed by atoms with van der Waals surface area (Å²) in [5, 5.41) is 17.8.